The average molecular weight is 294 g/mol. The lowest BCUT2D eigenvalue weighted by Gasteiger charge is -2.31. The van der Waals surface area contributed by atoms with Gasteiger partial charge in [0, 0.05) is 25.6 Å². The van der Waals surface area contributed by atoms with Crippen LogP contribution in [0, 0.1) is 11.8 Å². The Bertz CT molecular complexity index is 399. The van der Waals surface area contributed by atoms with Crippen LogP contribution in [0.1, 0.15) is 45.9 Å². The quantitative estimate of drug-likeness (QED) is 0.799. The lowest BCUT2D eigenvalue weighted by Crippen LogP contribution is -2.42. The van der Waals surface area contributed by atoms with Crippen LogP contribution in [0.5, 0.6) is 0 Å². The number of nitrogens with zero attached hydrogens (tertiary/aromatic N) is 3. The Morgan fingerprint density at radius 3 is 3.00 bits per heavy atom. The molecule has 1 aromatic rings. The third-order valence-corrected chi connectivity index (χ3v) is 4.06. The van der Waals surface area contributed by atoms with Gasteiger partial charge in [-0.1, -0.05) is 20.8 Å². The Labute approximate surface area is 128 Å². The third kappa shape index (κ3) is 5.08. The van der Waals surface area contributed by atoms with Crippen molar-refractivity contribution in [1.82, 2.24) is 20.1 Å². The van der Waals surface area contributed by atoms with Crippen molar-refractivity contribution in [3.8, 4) is 0 Å². The van der Waals surface area contributed by atoms with Crippen molar-refractivity contribution in [2.24, 2.45) is 11.8 Å². The van der Waals surface area contributed by atoms with E-state index in [4.69, 9.17) is 4.74 Å². The van der Waals surface area contributed by atoms with Crippen molar-refractivity contribution in [2.75, 3.05) is 19.8 Å². The molecule has 0 aliphatic carbocycles. The minimum Gasteiger partial charge on any atom is -0.381 e. The number of hydrogen-bond donors (Lipinski definition) is 1. The first-order chi connectivity index (χ1) is 10.2. The van der Waals surface area contributed by atoms with Crippen LogP contribution < -0.4 is 5.32 Å². The number of ether oxygens (including phenoxy) is 1. The molecule has 1 aliphatic rings. The number of nitrogens with one attached hydrogen (secondary N) is 1. The second-order valence-electron chi connectivity index (χ2n) is 6.49. The molecule has 0 spiro atoms. The maximum absolute atomic E-state index is 5.67. The van der Waals surface area contributed by atoms with E-state index >= 15 is 0 Å². The SMILES string of the molecule is CCCNC(Cc1ncnn1CC(C)C)C1CCCOC1. The maximum Gasteiger partial charge on any atom is 0.138 e. The van der Waals surface area contributed by atoms with Crippen LogP contribution in [0.15, 0.2) is 6.33 Å². The molecule has 0 bridgehead atoms. The fraction of sp³-hybridized carbons (Fsp3) is 0.875. The third-order valence-electron chi connectivity index (χ3n) is 4.06. The van der Waals surface area contributed by atoms with Gasteiger partial charge in [-0.15, -0.1) is 0 Å². The zero-order valence-electron chi connectivity index (χ0n) is 13.7. The van der Waals surface area contributed by atoms with E-state index < -0.39 is 0 Å². The maximum atomic E-state index is 5.67. The molecule has 1 fully saturated rings. The molecular weight excluding hydrogens is 264 g/mol. The highest BCUT2D eigenvalue weighted by Gasteiger charge is 2.25. The fourth-order valence-electron chi connectivity index (χ4n) is 2.96. The van der Waals surface area contributed by atoms with E-state index in [2.05, 4.69) is 40.9 Å². The van der Waals surface area contributed by atoms with Crippen molar-refractivity contribution >= 4 is 0 Å². The van der Waals surface area contributed by atoms with Gasteiger partial charge < -0.3 is 10.1 Å². The van der Waals surface area contributed by atoms with Crippen LogP contribution in [0.2, 0.25) is 0 Å². The van der Waals surface area contributed by atoms with Crippen LogP contribution in [0.4, 0.5) is 0 Å². The first-order valence-electron chi connectivity index (χ1n) is 8.38. The summed E-state index contributed by atoms with van der Waals surface area (Å²) in [5, 5.41) is 8.08. The molecular formula is C16H30N4O. The van der Waals surface area contributed by atoms with E-state index in [1.807, 2.05) is 0 Å². The zero-order valence-corrected chi connectivity index (χ0v) is 13.7. The number of rotatable bonds is 8. The van der Waals surface area contributed by atoms with Gasteiger partial charge in [0.05, 0.1) is 6.61 Å². The van der Waals surface area contributed by atoms with E-state index in [1.165, 1.54) is 12.8 Å². The predicted octanol–water partition coefficient (Wildman–Crippen LogP) is 2.27. The number of hydrogen-bond acceptors (Lipinski definition) is 4. The minimum absolute atomic E-state index is 0.445. The summed E-state index contributed by atoms with van der Waals surface area (Å²) in [6.45, 7) is 10.4. The van der Waals surface area contributed by atoms with Crippen LogP contribution in [-0.4, -0.2) is 40.6 Å². The lowest BCUT2D eigenvalue weighted by atomic mass is 9.91. The molecule has 1 N–H and O–H groups in total. The van der Waals surface area contributed by atoms with Crippen LogP contribution in [-0.2, 0) is 17.7 Å². The highest BCUT2D eigenvalue weighted by Crippen LogP contribution is 2.20. The fourth-order valence-corrected chi connectivity index (χ4v) is 2.96. The van der Waals surface area contributed by atoms with Gasteiger partial charge in [0.25, 0.3) is 0 Å². The van der Waals surface area contributed by atoms with Gasteiger partial charge in [0.1, 0.15) is 12.2 Å². The number of aromatic nitrogens is 3. The van der Waals surface area contributed by atoms with Crippen LogP contribution >= 0.6 is 0 Å². The van der Waals surface area contributed by atoms with Gasteiger partial charge in [-0.2, -0.15) is 5.10 Å². The van der Waals surface area contributed by atoms with Gasteiger partial charge in [0.15, 0.2) is 0 Å². The summed E-state index contributed by atoms with van der Waals surface area (Å²) in [6, 6.07) is 0.445. The molecule has 0 saturated carbocycles. The van der Waals surface area contributed by atoms with E-state index in [0.717, 1.165) is 45.0 Å². The molecule has 120 valence electrons. The largest absolute Gasteiger partial charge is 0.381 e. The van der Waals surface area contributed by atoms with Crippen LogP contribution in [0.25, 0.3) is 0 Å². The second-order valence-corrected chi connectivity index (χ2v) is 6.49. The highest BCUT2D eigenvalue weighted by atomic mass is 16.5. The molecule has 2 heterocycles. The van der Waals surface area contributed by atoms with Crippen molar-refractivity contribution in [1.29, 1.82) is 0 Å². The van der Waals surface area contributed by atoms with E-state index in [9.17, 15) is 0 Å². The zero-order chi connectivity index (χ0) is 15.1. The van der Waals surface area contributed by atoms with Crippen molar-refractivity contribution in [3.05, 3.63) is 12.2 Å². The van der Waals surface area contributed by atoms with Gasteiger partial charge in [-0.25, -0.2) is 9.67 Å². The normalized spacial score (nSPS) is 20.9. The van der Waals surface area contributed by atoms with Gasteiger partial charge in [0.2, 0.25) is 0 Å². The summed E-state index contributed by atoms with van der Waals surface area (Å²) >= 11 is 0. The molecule has 1 aliphatic heterocycles. The van der Waals surface area contributed by atoms with E-state index in [-0.39, 0.29) is 0 Å². The summed E-state index contributed by atoms with van der Waals surface area (Å²) in [7, 11) is 0. The Morgan fingerprint density at radius 2 is 2.33 bits per heavy atom. The summed E-state index contributed by atoms with van der Waals surface area (Å²) < 4.78 is 7.74. The molecule has 21 heavy (non-hydrogen) atoms. The van der Waals surface area contributed by atoms with Crippen molar-refractivity contribution in [2.45, 2.75) is 59.0 Å². The molecule has 2 unspecified atom stereocenters. The topological polar surface area (TPSA) is 52.0 Å². The second kappa shape index (κ2) is 8.49. The molecule has 5 heteroatoms. The molecule has 0 radical (unpaired) electrons. The van der Waals surface area contributed by atoms with Gasteiger partial charge in [-0.05, 0) is 37.6 Å². The van der Waals surface area contributed by atoms with E-state index in [1.54, 1.807) is 6.33 Å². The first-order valence-corrected chi connectivity index (χ1v) is 8.38. The first kappa shape index (κ1) is 16.4. The molecule has 0 amide bonds. The monoisotopic (exact) mass is 294 g/mol. The molecule has 5 nitrogen and oxygen atoms in total. The standard InChI is InChI=1S/C16H30N4O/c1-4-7-17-15(14-6-5-8-21-11-14)9-16-18-12-19-20(16)10-13(2)3/h12-15,17H,4-11H2,1-3H3. The van der Waals surface area contributed by atoms with Gasteiger partial charge >= 0.3 is 0 Å². The summed E-state index contributed by atoms with van der Waals surface area (Å²) in [4.78, 5) is 4.48. The average Bonchev–Trinajstić information content (AvgIpc) is 2.90. The Balaban J connectivity index is 2.01. The molecule has 1 aromatic heterocycles. The Kier molecular flexibility index (Phi) is 6.64. The Hall–Kier alpha value is -0.940. The molecule has 1 saturated heterocycles. The summed E-state index contributed by atoms with van der Waals surface area (Å²) in [5.74, 6) is 2.28. The van der Waals surface area contributed by atoms with Gasteiger partial charge in [-0.3, -0.25) is 0 Å². The minimum atomic E-state index is 0.445. The lowest BCUT2D eigenvalue weighted by molar-refractivity contribution is 0.0388. The smallest absolute Gasteiger partial charge is 0.138 e. The highest BCUT2D eigenvalue weighted by molar-refractivity contribution is 4.93. The summed E-state index contributed by atoms with van der Waals surface area (Å²) in [5.41, 5.74) is 0. The van der Waals surface area contributed by atoms with Crippen molar-refractivity contribution in [3.63, 3.8) is 0 Å². The predicted molar refractivity (Wildman–Crippen MR) is 84.2 cm³/mol. The van der Waals surface area contributed by atoms with Crippen molar-refractivity contribution < 1.29 is 4.74 Å². The van der Waals surface area contributed by atoms with Crippen LogP contribution in [0.3, 0.4) is 0 Å². The molecule has 0 aromatic carbocycles. The molecule has 2 rings (SSSR count). The summed E-state index contributed by atoms with van der Waals surface area (Å²) in [6.07, 6.45) is 6.21. The molecule has 2 atom stereocenters. The van der Waals surface area contributed by atoms with E-state index in [0.29, 0.717) is 17.9 Å². The Morgan fingerprint density at radius 1 is 1.48 bits per heavy atom.